The van der Waals surface area contributed by atoms with Crippen LogP contribution in [0.15, 0.2) is 24.5 Å². The zero-order chi connectivity index (χ0) is 13.9. The predicted molar refractivity (Wildman–Crippen MR) is 76.0 cm³/mol. The van der Waals surface area contributed by atoms with Crippen molar-refractivity contribution in [3.63, 3.8) is 0 Å². The van der Waals surface area contributed by atoms with Crippen LogP contribution in [-0.4, -0.2) is 30.1 Å². The lowest BCUT2D eigenvalue weighted by Crippen LogP contribution is -2.28. The summed E-state index contributed by atoms with van der Waals surface area (Å²) in [5.74, 6) is 0.160. The zero-order valence-corrected chi connectivity index (χ0v) is 12.2. The minimum Gasteiger partial charge on any atom is -0.305 e. The first-order valence-corrected chi connectivity index (χ1v) is 8.13. The monoisotopic (exact) mass is 301 g/mol. The molecule has 0 bridgehead atoms. The predicted octanol–water partition coefficient (Wildman–Crippen LogP) is 1.86. The van der Waals surface area contributed by atoms with E-state index in [4.69, 9.17) is 11.6 Å². The van der Waals surface area contributed by atoms with Crippen molar-refractivity contribution in [2.45, 2.75) is 19.8 Å². The van der Waals surface area contributed by atoms with Crippen molar-refractivity contribution in [2.24, 2.45) is 0 Å². The van der Waals surface area contributed by atoms with E-state index in [1.807, 2.05) is 23.6 Å². The average molecular weight is 302 g/mol. The van der Waals surface area contributed by atoms with Crippen molar-refractivity contribution in [2.75, 3.05) is 12.3 Å². The molecule has 0 aliphatic carbocycles. The number of hydrogen-bond acceptors (Lipinski definition) is 3. The second-order valence-corrected chi connectivity index (χ2v) is 6.67. The topological polar surface area (TPSA) is 63.5 Å². The Morgan fingerprint density at radius 3 is 2.89 bits per heavy atom. The van der Waals surface area contributed by atoms with E-state index in [-0.39, 0.29) is 5.75 Å². The summed E-state index contributed by atoms with van der Waals surface area (Å²) >= 11 is 5.89. The zero-order valence-electron chi connectivity index (χ0n) is 10.6. The van der Waals surface area contributed by atoms with E-state index in [9.17, 15) is 8.42 Å². The molecule has 2 aromatic rings. The molecule has 2 aromatic heterocycles. The average Bonchev–Trinajstić information content (AvgIpc) is 2.70. The molecular weight excluding hydrogens is 286 g/mol. The summed E-state index contributed by atoms with van der Waals surface area (Å²) in [6.45, 7) is 2.20. The van der Waals surface area contributed by atoms with Gasteiger partial charge in [-0.2, -0.15) is 0 Å². The van der Waals surface area contributed by atoms with Gasteiger partial charge in [0, 0.05) is 25.4 Å². The van der Waals surface area contributed by atoms with E-state index in [0.29, 0.717) is 24.4 Å². The largest absolute Gasteiger partial charge is 0.305 e. The molecule has 1 N–H and O–H groups in total. The van der Waals surface area contributed by atoms with Crippen LogP contribution in [0.5, 0.6) is 0 Å². The number of aromatic nitrogens is 2. The molecule has 0 saturated carbocycles. The highest BCUT2D eigenvalue weighted by Crippen LogP contribution is 2.11. The number of nitrogens with zero attached hydrogens (tertiary/aromatic N) is 2. The first-order chi connectivity index (χ1) is 9.00. The molecule has 2 rings (SSSR count). The van der Waals surface area contributed by atoms with E-state index in [2.05, 4.69) is 9.71 Å². The van der Waals surface area contributed by atoms with Crippen molar-refractivity contribution < 1.29 is 8.42 Å². The van der Waals surface area contributed by atoms with Gasteiger partial charge in [-0.3, -0.25) is 0 Å². The lowest BCUT2D eigenvalue weighted by molar-refractivity contribution is 0.580. The van der Waals surface area contributed by atoms with Crippen molar-refractivity contribution in [1.29, 1.82) is 0 Å². The fourth-order valence-electron chi connectivity index (χ4n) is 1.81. The first kappa shape index (κ1) is 14.3. The van der Waals surface area contributed by atoms with Crippen molar-refractivity contribution in [3.05, 3.63) is 35.2 Å². The molecule has 0 radical (unpaired) electrons. The molecule has 0 unspecified atom stereocenters. The van der Waals surface area contributed by atoms with Gasteiger partial charge < -0.3 is 4.40 Å². The second kappa shape index (κ2) is 5.90. The number of fused-ring (bicyclic) bond motifs is 1. The van der Waals surface area contributed by atoms with Gasteiger partial charge in [0.15, 0.2) is 0 Å². The molecule has 104 valence electrons. The van der Waals surface area contributed by atoms with Crippen molar-refractivity contribution in [1.82, 2.24) is 14.1 Å². The van der Waals surface area contributed by atoms with Gasteiger partial charge in [0.05, 0.1) is 16.5 Å². The van der Waals surface area contributed by atoms with Crippen LogP contribution in [0, 0.1) is 0 Å². The third-order valence-corrected chi connectivity index (χ3v) is 4.45. The minimum atomic E-state index is -3.14. The van der Waals surface area contributed by atoms with Gasteiger partial charge >= 0.3 is 0 Å². The number of imidazole rings is 1. The summed E-state index contributed by atoms with van der Waals surface area (Å²) in [4.78, 5) is 4.39. The van der Waals surface area contributed by atoms with E-state index in [0.717, 1.165) is 11.3 Å². The van der Waals surface area contributed by atoms with Gasteiger partial charge in [0.25, 0.3) is 0 Å². The van der Waals surface area contributed by atoms with Crippen LogP contribution in [0.1, 0.15) is 19.0 Å². The Morgan fingerprint density at radius 2 is 2.16 bits per heavy atom. The smallest absolute Gasteiger partial charge is 0.211 e. The number of rotatable bonds is 6. The molecule has 0 fully saturated rings. The highest BCUT2D eigenvalue weighted by Gasteiger charge is 2.08. The van der Waals surface area contributed by atoms with Gasteiger partial charge in [-0.05, 0) is 18.6 Å². The van der Waals surface area contributed by atoms with Gasteiger partial charge in [-0.25, -0.2) is 18.1 Å². The van der Waals surface area contributed by atoms with Gasteiger partial charge in [-0.1, -0.05) is 18.5 Å². The fraction of sp³-hybridized carbons (Fsp3) is 0.417. The summed E-state index contributed by atoms with van der Waals surface area (Å²) < 4.78 is 27.4. The maximum Gasteiger partial charge on any atom is 0.211 e. The van der Waals surface area contributed by atoms with Crippen LogP contribution >= 0.6 is 11.6 Å². The Kier molecular flexibility index (Phi) is 4.44. The molecule has 5 nitrogen and oxygen atoms in total. The fourth-order valence-corrected chi connectivity index (χ4v) is 3.08. The van der Waals surface area contributed by atoms with Crippen LogP contribution in [0.25, 0.3) is 5.65 Å². The highest BCUT2D eigenvalue weighted by molar-refractivity contribution is 7.89. The molecule has 0 amide bonds. The molecule has 0 atom stereocenters. The molecule has 19 heavy (non-hydrogen) atoms. The summed E-state index contributed by atoms with van der Waals surface area (Å²) in [7, 11) is -3.14. The summed E-state index contributed by atoms with van der Waals surface area (Å²) in [6.07, 6.45) is 4.80. The molecule has 2 heterocycles. The van der Waals surface area contributed by atoms with E-state index >= 15 is 0 Å². The molecule has 7 heteroatoms. The molecule has 0 saturated heterocycles. The Labute approximate surface area is 117 Å². The summed E-state index contributed by atoms with van der Waals surface area (Å²) in [5.41, 5.74) is 1.64. The molecule has 0 aliphatic heterocycles. The number of nitrogens with one attached hydrogen (secondary N) is 1. The summed E-state index contributed by atoms with van der Waals surface area (Å²) in [5, 5.41) is 0.639. The lowest BCUT2D eigenvalue weighted by atomic mass is 10.3. The first-order valence-electron chi connectivity index (χ1n) is 6.10. The van der Waals surface area contributed by atoms with Crippen molar-refractivity contribution in [3.8, 4) is 0 Å². The SMILES string of the molecule is CCCS(=O)(=O)NCCc1cn2cc(Cl)ccc2n1. The maximum absolute atomic E-state index is 11.5. The lowest BCUT2D eigenvalue weighted by Gasteiger charge is -2.03. The van der Waals surface area contributed by atoms with Gasteiger partial charge in [0.2, 0.25) is 10.0 Å². The van der Waals surface area contributed by atoms with Gasteiger partial charge in [-0.15, -0.1) is 0 Å². The standard InChI is InChI=1S/C12H16ClN3O2S/c1-2-7-19(17,18)14-6-5-11-9-16-8-10(13)3-4-12(16)15-11/h3-4,8-9,14H,2,5-7H2,1H3. The van der Waals surface area contributed by atoms with Crippen LogP contribution in [0.3, 0.4) is 0 Å². The maximum atomic E-state index is 11.5. The number of sulfonamides is 1. The second-order valence-electron chi connectivity index (χ2n) is 4.31. The highest BCUT2D eigenvalue weighted by atomic mass is 35.5. The molecule has 0 aromatic carbocycles. The Bertz CT molecular complexity index is 667. The van der Waals surface area contributed by atoms with Crippen LogP contribution in [0.4, 0.5) is 0 Å². The number of halogens is 1. The molecule has 0 spiro atoms. The Balaban J connectivity index is 1.99. The van der Waals surface area contributed by atoms with E-state index < -0.39 is 10.0 Å². The normalized spacial score (nSPS) is 12.1. The minimum absolute atomic E-state index is 0.160. The van der Waals surface area contributed by atoms with Crippen LogP contribution in [0.2, 0.25) is 5.02 Å². The van der Waals surface area contributed by atoms with Gasteiger partial charge in [0.1, 0.15) is 5.65 Å². The summed E-state index contributed by atoms with van der Waals surface area (Å²) in [6, 6.07) is 3.60. The van der Waals surface area contributed by atoms with Crippen molar-refractivity contribution >= 4 is 27.3 Å². The Morgan fingerprint density at radius 1 is 1.37 bits per heavy atom. The Hall–Kier alpha value is -1.11. The molecule has 0 aliphatic rings. The van der Waals surface area contributed by atoms with E-state index in [1.165, 1.54) is 0 Å². The van der Waals surface area contributed by atoms with E-state index in [1.54, 1.807) is 12.3 Å². The van der Waals surface area contributed by atoms with Crippen LogP contribution < -0.4 is 4.72 Å². The molecular formula is C12H16ClN3O2S. The number of pyridine rings is 1. The third kappa shape index (κ3) is 3.92. The number of hydrogen-bond donors (Lipinski definition) is 1. The van der Waals surface area contributed by atoms with Crippen LogP contribution in [-0.2, 0) is 16.4 Å². The third-order valence-electron chi connectivity index (χ3n) is 2.64. The quantitative estimate of drug-likeness (QED) is 0.886.